The summed E-state index contributed by atoms with van der Waals surface area (Å²) in [6.45, 7) is 6.41. The number of rotatable bonds is 9. The van der Waals surface area contributed by atoms with Crippen molar-refractivity contribution in [3.63, 3.8) is 0 Å². The van der Waals surface area contributed by atoms with E-state index in [9.17, 15) is 4.79 Å². The summed E-state index contributed by atoms with van der Waals surface area (Å²) in [5, 5.41) is 2.83. The first-order chi connectivity index (χ1) is 7.22. The van der Waals surface area contributed by atoms with E-state index in [0.29, 0.717) is 6.54 Å². The van der Waals surface area contributed by atoms with Gasteiger partial charge in [-0.1, -0.05) is 25.8 Å². The molecule has 0 aliphatic heterocycles. The molecule has 0 heterocycles. The SMILES string of the molecule is C=CCSCCNC(=O)C(N)CCCC. The number of amides is 1. The summed E-state index contributed by atoms with van der Waals surface area (Å²) in [6, 6.07) is -0.339. The van der Waals surface area contributed by atoms with Crippen molar-refractivity contribution in [3.8, 4) is 0 Å². The minimum atomic E-state index is -0.339. The van der Waals surface area contributed by atoms with Crippen molar-refractivity contribution in [2.24, 2.45) is 5.73 Å². The summed E-state index contributed by atoms with van der Waals surface area (Å²) in [5.41, 5.74) is 5.71. The van der Waals surface area contributed by atoms with Gasteiger partial charge in [0.15, 0.2) is 0 Å². The Morgan fingerprint density at radius 3 is 3.00 bits per heavy atom. The maximum Gasteiger partial charge on any atom is 0.236 e. The monoisotopic (exact) mass is 230 g/mol. The molecule has 15 heavy (non-hydrogen) atoms. The Hall–Kier alpha value is -0.480. The Morgan fingerprint density at radius 2 is 2.40 bits per heavy atom. The second-order valence-electron chi connectivity index (χ2n) is 3.40. The van der Waals surface area contributed by atoms with Gasteiger partial charge in [-0.05, 0) is 6.42 Å². The fourth-order valence-electron chi connectivity index (χ4n) is 1.10. The van der Waals surface area contributed by atoms with Crippen LogP contribution in [0.5, 0.6) is 0 Å². The molecule has 0 aromatic rings. The van der Waals surface area contributed by atoms with E-state index < -0.39 is 0 Å². The molecule has 0 aromatic carbocycles. The summed E-state index contributed by atoms with van der Waals surface area (Å²) < 4.78 is 0. The molecule has 0 aromatic heterocycles. The predicted octanol–water partition coefficient (Wildman–Crippen LogP) is 1.54. The Bertz CT molecular complexity index is 185. The molecule has 0 saturated heterocycles. The van der Waals surface area contributed by atoms with Gasteiger partial charge in [0.1, 0.15) is 0 Å². The van der Waals surface area contributed by atoms with Crippen LogP contribution in [0.15, 0.2) is 12.7 Å². The molecule has 3 N–H and O–H groups in total. The highest BCUT2D eigenvalue weighted by Crippen LogP contribution is 1.99. The second-order valence-corrected chi connectivity index (χ2v) is 4.55. The van der Waals surface area contributed by atoms with Crippen LogP contribution in [0.25, 0.3) is 0 Å². The molecule has 3 nitrogen and oxygen atoms in total. The van der Waals surface area contributed by atoms with Gasteiger partial charge in [-0.15, -0.1) is 6.58 Å². The Morgan fingerprint density at radius 1 is 1.67 bits per heavy atom. The Balaban J connectivity index is 3.42. The lowest BCUT2D eigenvalue weighted by atomic mass is 10.1. The highest BCUT2D eigenvalue weighted by molar-refractivity contribution is 7.99. The third-order valence-corrected chi connectivity index (χ3v) is 2.95. The van der Waals surface area contributed by atoms with Crippen molar-refractivity contribution in [2.45, 2.75) is 32.2 Å². The number of carbonyl (C=O) groups is 1. The van der Waals surface area contributed by atoms with Crippen LogP contribution in [-0.4, -0.2) is 30.0 Å². The van der Waals surface area contributed by atoms with Crippen LogP contribution in [0.1, 0.15) is 26.2 Å². The van der Waals surface area contributed by atoms with Gasteiger partial charge in [0.25, 0.3) is 0 Å². The molecular formula is C11H22N2OS. The van der Waals surface area contributed by atoms with Crippen molar-refractivity contribution in [3.05, 3.63) is 12.7 Å². The van der Waals surface area contributed by atoms with Crippen LogP contribution in [0, 0.1) is 0 Å². The number of carbonyl (C=O) groups excluding carboxylic acids is 1. The van der Waals surface area contributed by atoms with Gasteiger partial charge < -0.3 is 11.1 Å². The van der Waals surface area contributed by atoms with Gasteiger partial charge in [0.05, 0.1) is 6.04 Å². The lowest BCUT2D eigenvalue weighted by molar-refractivity contribution is -0.122. The van der Waals surface area contributed by atoms with Crippen molar-refractivity contribution >= 4 is 17.7 Å². The van der Waals surface area contributed by atoms with E-state index in [4.69, 9.17) is 5.73 Å². The normalized spacial score (nSPS) is 12.1. The molecule has 0 spiro atoms. The molecule has 0 radical (unpaired) electrons. The molecule has 0 rings (SSSR count). The molecule has 0 aliphatic rings. The van der Waals surface area contributed by atoms with E-state index >= 15 is 0 Å². The smallest absolute Gasteiger partial charge is 0.236 e. The van der Waals surface area contributed by atoms with Gasteiger partial charge in [-0.2, -0.15) is 11.8 Å². The largest absolute Gasteiger partial charge is 0.354 e. The number of nitrogens with two attached hydrogens (primary N) is 1. The summed E-state index contributed by atoms with van der Waals surface area (Å²) in [4.78, 5) is 11.4. The van der Waals surface area contributed by atoms with Crippen molar-refractivity contribution in [1.29, 1.82) is 0 Å². The van der Waals surface area contributed by atoms with Crippen molar-refractivity contribution in [2.75, 3.05) is 18.1 Å². The maximum absolute atomic E-state index is 11.4. The lowest BCUT2D eigenvalue weighted by Gasteiger charge is -2.11. The van der Waals surface area contributed by atoms with Gasteiger partial charge in [-0.25, -0.2) is 0 Å². The van der Waals surface area contributed by atoms with E-state index in [-0.39, 0.29) is 11.9 Å². The van der Waals surface area contributed by atoms with Crippen molar-refractivity contribution in [1.82, 2.24) is 5.32 Å². The summed E-state index contributed by atoms with van der Waals surface area (Å²) >= 11 is 1.75. The molecule has 4 heteroatoms. The topological polar surface area (TPSA) is 55.1 Å². The molecule has 0 aliphatic carbocycles. The maximum atomic E-state index is 11.4. The standard InChI is InChI=1S/C11H22N2OS/c1-3-5-6-10(12)11(14)13-7-9-15-8-4-2/h4,10H,2-3,5-9,12H2,1H3,(H,13,14). The number of nitrogens with one attached hydrogen (secondary N) is 1. The van der Waals surface area contributed by atoms with Gasteiger partial charge in [-0.3, -0.25) is 4.79 Å². The minimum Gasteiger partial charge on any atom is -0.354 e. The first kappa shape index (κ1) is 14.5. The first-order valence-corrected chi connectivity index (χ1v) is 6.59. The average molecular weight is 230 g/mol. The Kier molecular flexibility index (Phi) is 9.73. The zero-order valence-corrected chi connectivity index (χ0v) is 10.3. The highest BCUT2D eigenvalue weighted by Gasteiger charge is 2.11. The summed E-state index contributed by atoms with van der Waals surface area (Å²) in [5.74, 6) is 1.82. The van der Waals surface area contributed by atoms with Gasteiger partial charge >= 0.3 is 0 Å². The number of hydrogen-bond donors (Lipinski definition) is 2. The molecule has 1 atom stereocenters. The van der Waals surface area contributed by atoms with Gasteiger partial charge in [0.2, 0.25) is 5.91 Å². The number of hydrogen-bond acceptors (Lipinski definition) is 3. The van der Waals surface area contributed by atoms with E-state index in [1.54, 1.807) is 11.8 Å². The molecule has 1 amide bonds. The van der Waals surface area contributed by atoms with Gasteiger partial charge in [0, 0.05) is 18.1 Å². The molecular weight excluding hydrogens is 208 g/mol. The fraction of sp³-hybridized carbons (Fsp3) is 0.727. The minimum absolute atomic E-state index is 0.0253. The third kappa shape index (κ3) is 8.51. The Labute approximate surface area is 96.9 Å². The molecule has 0 saturated carbocycles. The van der Waals surface area contributed by atoms with Crippen LogP contribution in [0.4, 0.5) is 0 Å². The molecule has 88 valence electrons. The van der Waals surface area contributed by atoms with Crippen LogP contribution < -0.4 is 11.1 Å². The van der Waals surface area contributed by atoms with E-state index in [0.717, 1.165) is 30.8 Å². The highest BCUT2D eigenvalue weighted by atomic mass is 32.2. The zero-order chi connectivity index (χ0) is 11.5. The fourth-order valence-corrected chi connectivity index (χ4v) is 1.68. The number of thioether (sulfide) groups is 1. The predicted molar refractivity (Wildman–Crippen MR) is 68.0 cm³/mol. The van der Waals surface area contributed by atoms with Crippen LogP contribution in [0.3, 0.4) is 0 Å². The van der Waals surface area contributed by atoms with Crippen molar-refractivity contribution < 1.29 is 4.79 Å². The third-order valence-electron chi connectivity index (χ3n) is 1.99. The molecule has 1 unspecified atom stereocenters. The lowest BCUT2D eigenvalue weighted by Crippen LogP contribution is -2.41. The van der Waals surface area contributed by atoms with E-state index in [1.807, 2.05) is 6.08 Å². The zero-order valence-electron chi connectivity index (χ0n) is 9.50. The quantitative estimate of drug-likeness (QED) is 0.466. The molecule has 0 fully saturated rings. The first-order valence-electron chi connectivity index (χ1n) is 5.44. The number of unbranched alkanes of at least 4 members (excludes halogenated alkanes) is 1. The summed E-state index contributed by atoms with van der Waals surface area (Å²) in [7, 11) is 0. The summed E-state index contributed by atoms with van der Waals surface area (Å²) in [6.07, 6.45) is 4.73. The van der Waals surface area contributed by atoms with E-state index in [2.05, 4.69) is 18.8 Å². The van der Waals surface area contributed by atoms with Crippen LogP contribution >= 0.6 is 11.8 Å². The molecule has 0 bridgehead atoms. The average Bonchev–Trinajstić information content (AvgIpc) is 2.25. The second kappa shape index (κ2) is 10.1. The van der Waals surface area contributed by atoms with Crippen LogP contribution in [0.2, 0.25) is 0 Å². The van der Waals surface area contributed by atoms with Crippen LogP contribution in [-0.2, 0) is 4.79 Å². The van der Waals surface area contributed by atoms with E-state index in [1.165, 1.54) is 0 Å².